The van der Waals surface area contributed by atoms with Gasteiger partial charge in [-0.25, -0.2) is 0 Å². The lowest BCUT2D eigenvalue weighted by atomic mass is 9.96. The van der Waals surface area contributed by atoms with E-state index in [4.69, 9.17) is 19.7 Å². The highest BCUT2D eigenvalue weighted by atomic mass is 16.5. The van der Waals surface area contributed by atoms with Crippen LogP contribution in [0.3, 0.4) is 0 Å². The Labute approximate surface area is 101 Å². The summed E-state index contributed by atoms with van der Waals surface area (Å²) in [5.74, 6) is -1.78. The van der Waals surface area contributed by atoms with Crippen LogP contribution in [0.15, 0.2) is 0 Å². The average Bonchev–Trinajstić information content (AvgIpc) is 2.19. The zero-order valence-electron chi connectivity index (χ0n) is 10.3. The molecule has 0 amide bonds. The summed E-state index contributed by atoms with van der Waals surface area (Å²) in [5.41, 5.74) is -0.253. The van der Waals surface area contributed by atoms with E-state index >= 15 is 0 Å². The summed E-state index contributed by atoms with van der Waals surface area (Å²) in [4.78, 5) is 20.5. The van der Waals surface area contributed by atoms with Crippen LogP contribution in [0, 0.1) is 5.41 Å². The second kappa shape index (κ2) is 8.03. The SMILES string of the molecule is CC(C)(COCCC(=O)O)COCCC(=O)O. The fourth-order valence-corrected chi connectivity index (χ4v) is 1.06. The summed E-state index contributed by atoms with van der Waals surface area (Å²) >= 11 is 0. The van der Waals surface area contributed by atoms with Gasteiger partial charge in [0.05, 0.1) is 39.3 Å². The molecule has 0 saturated carbocycles. The number of carboxylic acids is 2. The van der Waals surface area contributed by atoms with Crippen molar-refractivity contribution in [3.05, 3.63) is 0 Å². The van der Waals surface area contributed by atoms with E-state index in [1.165, 1.54) is 0 Å². The van der Waals surface area contributed by atoms with Crippen molar-refractivity contribution in [2.75, 3.05) is 26.4 Å². The minimum atomic E-state index is -0.888. The zero-order valence-corrected chi connectivity index (χ0v) is 10.3. The highest BCUT2D eigenvalue weighted by molar-refractivity contribution is 5.67. The van der Waals surface area contributed by atoms with Crippen LogP contribution >= 0.6 is 0 Å². The molecule has 0 spiro atoms. The molecule has 0 rings (SSSR count). The van der Waals surface area contributed by atoms with Gasteiger partial charge in [-0.1, -0.05) is 13.8 Å². The van der Waals surface area contributed by atoms with Crippen LogP contribution in [-0.2, 0) is 19.1 Å². The van der Waals surface area contributed by atoms with Crippen molar-refractivity contribution in [2.24, 2.45) is 5.41 Å². The molecular formula is C11H20O6. The average molecular weight is 248 g/mol. The lowest BCUT2D eigenvalue weighted by Gasteiger charge is -2.23. The van der Waals surface area contributed by atoms with Crippen molar-refractivity contribution < 1.29 is 29.3 Å². The van der Waals surface area contributed by atoms with Gasteiger partial charge in [-0.15, -0.1) is 0 Å². The van der Waals surface area contributed by atoms with Gasteiger partial charge in [0.25, 0.3) is 0 Å². The van der Waals surface area contributed by atoms with Crippen LogP contribution in [-0.4, -0.2) is 48.6 Å². The van der Waals surface area contributed by atoms with E-state index in [2.05, 4.69) is 0 Å². The Morgan fingerprint density at radius 3 is 1.59 bits per heavy atom. The molecule has 0 unspecified atom stereocenters. The van der Waals surface area contributed by atoms with Gasteiger partial charge >= 0.3 is 11.9 Å². The molecule has 2 N–H and O–H groups in total. The Kier molecular flexibility index (Phi) is 7.49. The molecular weight excluding hydrogens is 228 g/mol. The number of hydrogen-bond donors (Lipinski definition) is 2. The molecule has 0 fully saturated rings. The van der Waals surface area contributed by atoms with Crippen LogP contribution in [0.1, 0.15) is 26.7 Å². The van der Waals surface area contributed by atoms with Crippen LogP contribution in [0.4, 0.5) is 0 Å². The Hall–Kier alpha value is -1.14. The predicted molar refractivity (Wildman–Crippen MR) is 59.9 cm³/mol. The molecule has 17 heavy (non-hydrogen) atoms. The summed E-state index contributed by atoms with van der Waals surface area (Å²) in [6, 6.07) is 0. The van der Waals surface area contributed by atoms with Gasteiger partial charge in [0.15, 0.2) is 0 Å². The molecule has 0 radical (unpaired) electrons. The number of hydrogen-bond acceptors (Lipinski definition) is 4. The highest BCUT2D eigenvalue weighted by Gasteiger charge is 2.18. The van der Waals surface area contributed by atoms with Crippen molar-refractivity contribution in [1.82, 2.24) is 0 Å². The molecule has 0 bridgehead atoms. The third kappa shape index (κ3) is 11.1. The van der Waals surface area contributed by atoms with E-state index in [1.807, 2.05) is 13.8 Å². The Morgan fingerprint density at radius 2 is 1.29 bits per heavy atom. The first-order chi connectivity index (χ1) is 7.83. The van der Waals surface area contributed by atoms with Crippen LogP contribution < -0.4 is 0 Å². The first-order valence-corrected chi connectivity index (χ1v) is 5.42. The Morgan fingerprint density at radius 1 is 0.941 bits per heavy atom. The smallest absolute Gasteiger partial charge is 0.305 e. The number of rotatable bonds is 10. The molecule has 0 aromatic heterocycles. The zero-order chi connectivity index (χ0) is 13.3. The first-order valence-electron chi connectivity index (χ1n) is 5.42. The van der Waals surface area contributed by atoms with E-state index in [1.54, 1.807) is 0 Å². The molecule has 0 heterocycles. The van der Waals surface area contributed by atoms with E-state index in [0.717, 1.165) is 0 Å². The van der Waals surface area contributed by atoms with E-state index < -0.39 is 11.9 Å². The molecule has 0 aromatic carbocycles. The van der Waals surface area contributed by atoms with Crippen LogP contribution in [0.5, 0.6) is 0 Å². The minimum Gasteiger partial charge on any atom is -0.481 e. The molecule has 0 aromatic rings. The number of ether oxygens (including phenoxy) is 2. The lowest BCUT2D eigenvalue weighted by molar-refractivity contribution is -0.139. The molecule has 6 nitrogen and oxygen atoms in total. The molecule has 0 aliphatic rings. The second-order valence-corrected chi connectivity index (χ2v) is 4.56. The van der Waals surface area contributed by atoms with Gasteiger partial charge in [-0.2, -0.15) is 0 Å². The Balaban J connectivity index is 3.57. The standard InChI is InChI=1S/C11H20O6/c1-11(2,7-16-5-3-9(12)13)8-17-6-4-10(14)15/h3-8H2,1-2H3,(H,12,13)(H,14,15). The molecule has 0 aliphatic carbocycles. The number of carbonyl (C=O) groups is 2. The predicted octanol–water partition coefficient (Wildman–Crippen LogP) is 0.995. The monoisotopic (exact) mass is 248 g/mol. The Bertz CT molecular complexity index is 224. The van der Waals surface area contributed by atoms with Crippen molar-refractivity contribution in [2.45, 2.75) is 26.7 Å². The topological polar surface area (TPSA) is 93.1 Å². The highest BCUT2D eigenvalue weighted by Crippen LogP contribution is 2.16. The first kappa shape index (κ1) is 15.9. The fraction of sp³-hybridized carbons (Fsp3) is 0.818. The lowest BCUT2D eigenvalue weighted by Crippen LogP contribution is -2.26. The summed E-state index contributed by atoms with van der Waals surface area (Å²) < 4.78 is 10.4. The van der Waals surface area contributed by atoms with Crippen molar-refractivity contribution in [1.29, 1.82) is 0 Å². The maximum absolute atomic E-state index is 10.2. The van der Waals surface area contributed by atoms with Gasteiger partial charge in [0.2, 0.25) is 0 Å². The van der Waals surface area contributed by atoms with E-state index in [9.17, 15) is 9.59 Å². The number of carboxylic acid groups (broad SMARTS) is 2. The van der Waals surface area contributed by atoms with E-state index in [0.29, 0.717) is 13.2 Å². The van der Waals surface area contributed by atoms with Crippen LogP contribution in [0.2, 0.25) is 0 Å². The number of aliphatic carboxylic acids is 2. The van der Waals surface area contributed by atoms with Gasteiger partial charge in [-0.3, -0.25) is 9.59 Å². The third-order valence-corrected chi connectivity index (χ3v) is 1.91. The van der Waals surface area contributed by atoms with Gasteiger partial charge in [0, 0.05) is 5.41 Å². The maximum atomic E-state index is 10.2. The molecule has 0 aliphatic heterocycles. The summed E-state index contributed by atoms with van der Waals surface area (Å²) in [5, 5.41) is 16.8. The molecule has 100 valence electrons. The third-order valence-electron chi connectivity index (χ3n) is 1.91. The quantitative estimate of drug-likeness (QED) is 0.560. The summed E-state index contributed by atoms with van der Waals surface area (Å²) in [6.07, 6.45) is -0.0358. The van der Waals surface area contributed by atoms with Crippen molar-refractivity contribution in [3.63, 3.8) is 0 Å². The largest absolute Gasteiger partial charge is 0.481 e. The van der Waals surface area contributed by atoms with Crippen molar-refractivity contribution in [3.8, 4) is 0 Å². The summed E-state index contributed by atoms with van der Waals surface area (Å²) in [6.45, 7) is 4.94. The minimum absolute atomic E-state index is 0.0179. The normalized spacial score (nSPS) is 11.4. The van der Waals surface area contributed by atoms with Gasteiger partial charge in [-0.05, 0) is 0 Å². The molecule has 0 atom stereocenters. The maximum Gasteiger partial charge on any atom is 0.305 e. The van der Waals surface area contributed by atoms with Gasteiger partial charge in [0.1, 0.15) is 0 Å². The van der Waals surface area contributed by atoms with Crippen LogP contribution in [0.25, 0.3) is 0 Å². The van der Waals surface area contributed by atoms with E-state index in [-0.39, 0.29) is 31.5 Å². The fourth-order valence-electron chi connectivity index (χ4n) is 1.06. The summed E-state index contributed by atoms with van der Waals surface area (Å²) in [7, 11) is 0. The molecule has 6 heteroatoms. The van der Waals surface area contributed by atoms with Crippen molar-refractivity contribution >= 4 is 11.9 Å². The van der Waals surface area contributed by atoms with Gasteiger partial charge < -0.3 is 19.7 Å². The second-order valence-electron chi connectivity index (χ2n) is 4.56. The molecule has 0 saturated heterocycles.